The summed E-state index contributed by atoms with van der Waals surface area (Å²) in [5.41, 5.74) is 0. The highest BCUT2D eigenvalue weighted by molar-refractivity contribution is 4.94. The Kier molecular flexibility index (Phi) is 10.3. The van der Waals surface area contributed by atoms with E-state index in [-0.39, 0.29) is 6.61 Å². The van der Waals surface area contributed by atoms with Crippen LogP contribution >= 0.6 is 0 Å². The van der Waals surface area contributed by atoms with Crippen LogP contribution in [0.1, 0.15) is 77.0 Å². The molecule has 0 aromatic heterocycles. The first-order valence-electron chi connectivity index (χ1n) is 12.6. The maximum absolute atomic E-state index is 10.0. The van der Waals surface area contributed by atoms with Crippen molar-refractivity contribution in [2.75, 3.05) is 32.9 Å². The van der Waals surface area contributed by atoms with Gasteiger partial charge in [-0.3, -0.25) is 4.90 Å². The summed E-state index contributed by atoms with van der Waals surface area (Å²) in [5.74, 6) is 2.74. The highest BCUT2D eigenvalue weighted by Gasteiger charge is 2.40. The summed E-state index contributed by atoms with van der Waals surface area (Å²) < 4.78 is 5.97. The second kappa shape index (κ2) is 12.7. The number of unbranched alkanes of at least 4 members (excludes halogenated alkanes) is 2. The van der Waals surface area contributed by atoms with E-state index in [9.17, 15) is 20.4 Å². The molecular weight excluding hydrogens is 382 g/mol. The Bertz CT molecular complexity index is 465. The number of rotatable bonds is 10. The van der Waals surface area contributed by atoms with E-state index in [2.05, 4.69) is 0 Å². The van der Waals surface area contributed by atoms with Crippen molar-refractivity contribution in [2.24, 2.45) is 17.8 Å². The molecular formula is C24H45NO5. The summed E-state index contributed by atoms with van der Waals surface area (Å²) in [5, 5.41) is 39.2. The quantitative estimate of drug-likeness (QED) is 0.400. The lowest BCUT2D eigenvalue weighted by Crippen LogP contribution is -2.62. The minimum atomic E-state index is -1.18. The van der Waals surface area contributed by atoms with Gasteiger partial charge in [-0.1, -0.05) is 32.1 Å². The standard InChI is InChI=1S/C24H45NO5/c26-16-21-23(28)24(29)22(27)15-25(21)13-5-2-6-14-30-17-18-9-11-20(12-10-18)19-7-3-1-4-8-19/h18-24,26-29H,1-17H2/t18?,20?,21-,22-,23+,24+/m0/s1. The van der Waals surface area contributed by atoms with Crippen LogP contribution < -0.4 is 0 Å². The van der Waals surface area contributed by atoms with Crippen LogP contribution in [0.15, 0.2) is 0 Å². The molecule has 1 aliphatic heterocycles. The molecule has 3 rings (SSSR count). The van der Waals surface area contributed by atoms with Crippen molar-refractivity contribution in [1.82, 2.24) is 4.90 Å². The normalized spacial score (nSPS) is 36.8. The van der Waals surface area contributed by atoms with Gasteiger partial charge in [-0.15, -0.1) is 0 Å². The SMILES string of the molecule is OC[C@H]1[C@@H](O)[C@H](O)[C@@H](O)CN1CCCCCOCC1CCC(C2CCCCC2)CC1. The number of hydrogen-bond acceptors (Lipinski definition) is 6. The van der Waals surface area contributed by atoms with Crippen LogP contribution in [0.4, 0.5) is 0 Å². The van der Waals surface area contributed by atoms with Crippen molar-refractivity contribution >= 4 is 0 Å². The van der Waals surface area contributed by atoms with Crippen molar-refractivity contribution in [3.05, 3.63) is 0 Å². The predicted molar refractivity (Wildman–Crippen MR) is 117 cm³/mol. The first-order chi connectivity index (χ1) is 14.6. The molecule has 6 heteroatoms. The number of hydrogen-bond donors (Lipinski definition) is 4. The summed E-state index contributed by atoms with van der Waals surface area (Å²) in [4.78, 5) is 1.90. The molecule has 4 N–H and O–H groups in total. The monoisotopic (exact) mass is 427 g/mol. The van der Waals surface area contributed by atoms with Crippen molar-refractivity contribution in [3.63, 3.8) is 0 Å². The molecule has 0 bridgehead atoms. The van der Waals surface area contributed by atoms with E-state index in [1.54, 1.807) is 0 Å². The average molecular weight is 428 g/mol. The Hall–Kier alpha value is -0.240. The third-order valence-corrected chi connectivity index (χ3v) is 8.01. The lowest BCUT2D eigenvalue weighted by Gasteiger charge is -2.43. The maximum Gasteiger partial charge on any atom is 0.109 e. The molecule has 1 saturated heterocycles. The number of likely N-dealkylation sites (tertiary alicyclic amines) is 1. The molecule has 3 aliphatic rings. The zero-order chi connectivity index (χ0) is 21.3. The van der Waals surface area contributed by atoms with Gasteiger partial charge < -0.3 is 25.2 Å². The number of β-amino-alcohol motifs (C(OH)–C–C–N with tert-alkyl or cyclic N) is 1. The minimum absolute atomic E-state index is 0.211. The molecule has 0 aromatic rings. The van der Waals surface area contributed by atoms with Crippen molar-refractivity contribution in [3.8, 4) is 0 Å². The molecule has 6 nitrogen and oxygen atoms in total. The highest BCUT2D eigenvalue weighted by atomic mass is 16.5. The molecule has 2 saturated carbocycles. The van der Waals surface area contributed by atoms with Crippen molar-refractivity contribution in [1.29, 1.82) is 0 Å². The van der Waals surface area contributed by atoms with Gasteiger partial charge in [0.1, 0.15) is 12.2 Å². The second-order valence-electron chi connectivity index (χ2n) is 10.1. The molecule has 176 valence electrons. The van der Waals surface area contributed by atoms with E-state index in [4.69, 9.17) is 4.74 Å². The smallest absolute Gasteiger partial charge is 0.109 e. The Morgan fingerprint density at radius 2 is 1.47 bits per heavy atom. The molecule has 30 heavy (non-hydrogen) atoms. The van der Waals surface area contributed by atoms with Gasteiger partial charge in [0, 0.05) is 19.8 Å². The molecule has 0 radical (unpaired) electrons. The summed E-state index contributed by atoms with van der Waals surface area (Å²) in [6.45, 7) is 2.50. The van der Waals surface area contributed by atoms with Gasteiger partial charge >= 0.3 is 0 Å². The zero-order valence-corrected chi connectivity index (χ0v) is 18.7. The van der Waals surface area contributed by atoms with E-state index in [1.807, 2.05) is 4.90 Å². The van der Waals surface area contributed by atoms with E-state index < -0.39 is 24.4 Å². The van der Waals surface area contributed by atoms with Crippen LogP contribution in [0.2, 0.25) is 0 Å². The highest BCUT2D eigenvalue weighted by Crippen LogP contribution is 2.39. The second-order valence-corrected chi connectivity index (χ2v) is 10.1. The minimum Gasteiger partial charge on any atom is -0.395 e. The Morgan fingerprint density at radius 1 is 0.767 bits per heavy atom. The maximum atomic E-state index is 10.0. The van der Waals surface area contributed by atoms with Crippen molar-refractivity contribution < 1.29 is 25.2 Å². The fourth-order valence-corrected chi connectivity index (χ4v) is 6.01. The van der Waals surface area contributed by atoms with Crippen LogP contribution in [0, 0.1) is 17.8 Å². The summed E-state index contributed by atoms with van der Waals surface area (Å²) in [7, 11) is 0. The number of piperidine rings is 1. The molecule has 4 atom stereocenters. The molecule has 0 aromatic carbocycles. The third-order valence-electron chi connectivity index (χ3n) is 8.01. The van der Waals surface area contributed by atoms with Crippen LogP contribution in [0.5, 0.6) is 0 Å². The van der Waals surface area contributed by atoms with Gasteiger partial charge in [-0.05, 0) is 69.2 Å². The van der Waals surface area contributed by atoms with E-state index >= 15 is 0 Å². The summed E-state index contributed by atoms with van der Waals surface area (Å²) in [6, 6.07) is -0.497. The molecule has 0 spiro atoms. The number of aliphatic hydroxyl groups is 4. The first-order valence-corrected chi connectivity index (χ1v) is 12.6. The largest absolute Gasteiger partial charge is 0.395 e. The molecule has 1 heterocycles. The van der Waals surface area contributed by atoms with E-state index in [0.717, 1.165) is 50.2 Å². The first kappa shape index (κ1) is 24.4. The van der Waals surface area contributed by atoms with Gasteiger partial charge in [0.2, 0.25) is 0 Å². The lowest BCUT2D eigenvalue weighted by atomic mass is 9.71. The predicted octanol–water partition coefficient (Wildman–Crippen LogP) is 2.32. The summed E-state index contributed by atoms with van der Waals surface area (Å²) >= 11 is 0. The number of aliphatic hydroxyl groups excluding tert-OH is 4. The summed E-state index contributed by atoms with van der Waals surface area (Å²) in [6.07, 6.45) is 12.5. The van der Waals surface area contributed by atoms with E-state index in [1.165, 1.54) is 57.8 Å². The Labute approximate surface area is 182 Å². The lowest BCUT2D eigenvalue weighted by molar-refractivity contribution is -0.145. The van der Waals surface area contributed by atoms with E-state index in [0.29, 0.717) is 13.1 Å². The van der Waals surface area contributed by atoms with Crippen LogP contribution in [-0.4, -0.2) is 82.6 Å². The zero-order valence-electron chi connectivity index (χ0n) is 18.7. The molecule has 2 aliphatic carbocycles. The van der Waals surface area contributed by atoms with Crippen molar-refractivity contribution in [2.45, 2.75) is 101 Å². The molecule has 0 unspecified atom stereocenters. The van der Waals surface area contributed by atoms with Crippen LogP contribution in [-0.2, 0) is 4.74 Å². The molecule has 0 amide bonds. The Balaban J connectivity index is 1.21. The number of nitrogens with zero attached hydrogens (tertiary/aromatic N) is 1. The fourth-order valence-electron chi connectivity index (χ4n) is 6.01. The van der Waals surface area contributed by atoms with Gasteiger partial charge in [0.05, 0.1) is 18.8 Å². The average Bonchev–Trinajstić information content (AvgIpc) is 2.78. The number of ether oxygens (including phenoxy) is 1. The van der Waals surface area contributed by atoms with Gasteiger partial charge in [0.25, 0.3) is 0 Å². The van der Waals surface area contributed by atoms with Crippen LogP contribution in [0.25, 0.3) is 0 Å². The van der Waals surface area contributed by atoms with Gasteiger partial charge in [-0.25, -0.2) is 0 Å². The fraction of sp³-hybridized carbons (Fsp3) is 1.00. The third kappa shape index (κ3) is 6.88. The topological polar surface area (TPSA) is 93.4 Å². The molecule has 3 fully saturated rings. The van der Waals surface area contributed by atoms with Gasteiger partial charge in [0.15, 0.2) is 0 Å². The Morgan fingerprint density at radius 3 is 2.17 bits per heavy atom. The van der Waals surface area contributed by atoms with Gasteiger partial charge in [-0.2, -0.15) is 0 Å². The van der Waals surface area contributed by atoms with Crippen LogP contribution in [0.3, 0.4) is 0 Å².